The Morgan fingerprint density at radius 2 is 1.41 bits per heavy atom. The second kappa shape index (κ2) is 7.62. The van der Waals surface area contributed by atoms with Crippen molar-refractivity contribution >= 4 is 11.9 Å². The highest BCUT2D eigenvalue weighted by atomic mass is 16.6. The number of aliphatic hydroxyl groups is 1. The van der Waals surface area contributed by atoms with Gasteiger partial charge in [0.2, 0.25) is 0 Å². The first-order chi connectivity index (χ1) is 7.91. The molecule has 0 heterocycles. The van der Waals surface area contributed by atoms with Gasteiger partial charge in [0.25, 0.3) is 0 Å². The van der Waals surface area contributed by atoms with Gasteiger partial charge in [-0.05, 0) is 20.8 Å². The van der Waals surface area contributed by atoms with E-state index in [1.807, 2.05) is 0 Å². The molecule has 0 aromatic carbocycles. The molecule has 0 radical (unpaired) electrons. The highest BCUT2D eigenvalue weighted by molar-refractivity contribution is 5.82. The van der Waals surface area contributed by atoms with E-state index in [1.165, 1.54) is 31.2 Å². The van der Waals surface area contributed by atoms with Gasteiger partial charge < -0.3 is 14.6 Å². The molecule has 0 aliphatic heterocycles. The minimum Gasteiger partial charge on any atom is -0.459 e. The van der Waals surface area contributed by atoms with Crippen LogP contribution >= 0.6 is 0 Å². The molecule has 0 atom stereocenters. The Bertz CT molecular complexity index is 285. The first kappa shape index (κ1) is 15.4. The molecule has 0 aliphatic rings. The third-order valence-corrected chi connectivity index (χ3v) is 1.66. The van der Waals surface area contributed by atoms with Gasteiger partial charge in [-0.2, -0.15) is 0 Å². The van der Waals surface area contributed by atoms with E-state index in [1.54, 1.807) is 13.8 Å². The van der Waals surface area contributed by atoms with Crippen LogP contribution in [-0.2, 0) is 19.1 Å². The maximum atomic E-state index is 11.0. The molecule has 17 heavy (non-hydrogen) atoms. The van der Waals surface area contributed by atoms with Crippen LogP contribution in [0.3, 0.4) is 0 Å². The highest BCUT2D eigenvalue weighted by Crippen LogP contribution is 2.05. The molecule has 0 aliphatic carbocycles. The summed E-state index contributed by atoms with van der Waals surface area (Å²) < 4.78 is 9.51. The summed E-state index contributed by atoms with van der Waals surface area (Å²) >= 11 is 0. The van der Waals surface area contributed by atoms with E-state index in [4.69, 9.17) is 9.47 Å². The van der Waals surface area contributed by atoms with E-state index >= 15 is 0 Å². The summed E-state index contributed by atoms with van der Waals surface area (Å²) in [4.78, 5) is 22.0. The van der Waals surface area contributed by atoms with Crippen molar-refractivity contribution in [3.05, 3.63) is 24.3 Å². The molecular formula is C12H18O5. The summed E-state index contributed by atoms with van der Waals surface area (Å²) in [5.74, 6) is -1.10. The maximum Gasteiger partial charge on any atom is 0.330 e. The lowest BCUT2D eigenvalue weighted by atomic mass is 10.1. The minimum absolute atomic E-state index is 0.237. The molecule has 5 heteroatoms. The van der Waals surface area contributed by atoms with Crippen LogP contribution in [-0.4, -0.2) is 35.9 Å². The first-order valence-corrected chi connectivity index (χ1v) is 5.22. The molecule has 0 bridgehead atoms. The molecule has 0 fully saturated rings. The largest absolute Gasteiger partial charge is 0.459 e. The topological polar surface area (TPSA) is 72.8 Å². The summed E-state index contributed by atoms with van der Waals surface area (Å²) in [7, 11) is 0. The predicted molar refractivity (Wildman–Crippen MR) is 62.2 cm³/mol. The van der Waals surface area contributed by atoms with Crippen LogP contribution in [0.2, 0.25) is 0 Å². The predicted octanol–water partition coefficient (Wildman–Crippen LogP) is 0.976. The summed E-state index contributed by atoms with van der Waals surface area (Å²) in [6.45, 7) is 4.30. The van der Waals surface area contributed by atoms with Crippen LogP contribution in [0, 0.1) is 0 Å². The van der Waals surface area contributed by atoms with Crippen LogP contribution in [0.15, 0.2) is 24.3 Å². The monoisotopic (exact) mass is 242 g/mol. The Kier molecular flexibility index (Phi) is 6.89. The first-order valence-electron chi connectivity index (χ1n) is 5.22. The normalized spacial score (nSPS) is 12.0. The molecule has 0 spiro atoms. The number of allylic oxidation sites excluding steroid dienone is 2. The maximum absolute atomic E-state index is 11.0. The van der Waals surface area contributed by atoms with Crippen molar-refractivity contribution in [3.63, 3.8) is 0 Å². The summed E-state index contributed by atoms with van der Waals surface area (Å²) in [6.07, 6.45) is 5.54. The molecule has 1 N–H and O–H groups in total. The van der Waals surface area contributed by atoms with E-state index in [2.05, 4.69) is 0 Å². The quantitative estimate of drug-likeness (QED) is 0.555. The third kappa shape index (κ3) is 8.21. The van der Waals surface area contributed by atoms with Crippen molar-refractivity contribution in [2.45, 2.75) is 26.4 Å². The number of hydrogen-bond acceptors (Lipinski definition) is 5. The molecule has 0 aromatic rings. The smallest absolute Gasteiger partial charge is 0.330 e. The molecular weight excluding hydrogens is 224 g/mol. The average Bonchev–Trinajstić information content (AvgIpc) is 2.25. The second-order valence-electron chi connectivity index (χ2n) is 3.71. The Balaban J connectivity index is 4.03. The average molecular weight is 242 g/mol. The summed E-state index contributed by atoms with van der Waals surface area (Å²) in [5.41, 5.74) is -1.39. The Labute approximate surface area is 101 Å². The molecule has 0 saturated carbocycles. The van der Waals surface area contributed by atoms with Crippen LogP contribution < -0.4 is 0 Å². The zero-order valence-corrected chi connectivity index (χ0v) is 10.3. The van der Waals surface area contributed by atoms with Crippen LogP contribution in [0.25, 0.3) is 0 Å². The standard InChI is InChI=1S/C12H18O5/c1-4-6-10(13)16-8-12(3,15)9-17-11(14)7-5-2/h4-7,15H,8-9H2,1-3H3/b6-4+,7-5+. The molecule has 0 rings (SSSR count). The fourth-order valence-electron chi connectivity index (χ4n) is 0.863. The SMILES string of the molecule is C/C=C/C(=O)OCC(C)(O)COC(=O)/C=C/C. The van der Waals surface area contributed by atoms with Gasteiger partial charge in [-0.25, -0.2) is 9.59 Å². The third-order valence-electron chi connectivity index (χ3n) is 1.66. The number of esters is 2. The van der Waals surface area contributed by atoms with Crippen molar-refractivity contribution in [3.8, 4) is 0 Å². The van der Waals surface area contributed by atoms with Gasteiger partial charge in [0.1, 0.15) is 18.8 Å². The highest BCUT2D eigenvalue weighted by Gasteiger charge is 2.24. The molecule has 96 valence electrons. The van der Waals surface area contributed by atoms with E-state index < -0.39 is 17.5 Å². The number of ether oxygens (including phenoxy) is 2. The van der Waals surface area contributed by atoms with Gasteiger partial charge in [-0.3, -0.25) is 0 Å². The lowest BCUT2D eigenvalue weighted by molar-refractivity contribution is -0.154. The van der Waals surface area contributed by atoms with Crippen molar-refractivity contribution in [2.75, 3.05) is 13.2 Å². The van der Waals surface area contributed by atoms with E-state index in [0.717, 1.165) is 0 Å². The zero-order chi connectivity index (χ0) is 13.3. The van der Waals surface area contributed by atoms with Gasteiger partial charge in [0.05, 0.1) is 0 Å². The fraction of sp³-hybridized carbons (Fsp3) is 0.500. The Morgan fingerprint density at radius 1 is 1.06 bits per heavy atom. The van der Waals surface area contributed by atoms with Gasteiger partial charge in [-0.1, -0.05) is 12.2 Å². The lowest BCUT2D eigenvalue weighted by Crippen LogP contribution is -2.37. The van der Waals surface area contributed by atoms with E-state index in [9.17, 15) is 14.7 Å². The number of carbonyl (C=O) groups excluding carboxylic acids is 2. The number of rotatable bonds is 6. The van der Waals surface area contributed by atoms with E-state index in [0.29, 0.717) is 0 Å². The molecule has 5 nitrogen and oxygen atoms in total. The zero-order valence-electron chi connectivity index (χ0n) is 10.3. The molecule has 0 amide bonds. The van der Waals surface area contributed by atoms with Gasteiger partial charge in [0.15, 0.2) is 0 Å². The number of hydrogen-bond donors (Lipinski definition) is 1. The van der Waals surface area contributed by atoms with E-state index in [-0.39, 0.29) is 13.2 Å². The number of carbonyl (C=O) groups is 2. The lowest BCUT2D eigenvalue weighted by Gasteiger charge is -2.21. The molecule has 0 saturated heterocycles. The van der Waals surface area contributed by atoms with Gasteiger partial charge >= 0.3 is 11.9 Å². The Hall–Kier alpha value is -1.62. The van der Waals surface area contributed by atoms with Crippen molar-refractivity contribution in [2.24, 2.45) is 0 Å². The van der Waals surface area contributed by atoms with Crippen molar-refractivity contribution in [1.29, 1.82) is 0 Å². The summed E-state index contributed by atoms with van der Waals surface area (Å²) in [6, 6.07) is 0. The van der Waals surface area contributed by atoms with Crippen LogP contribution in [0.1, 0.15) is 20.8 Å². The minimum atomic E-state index is -1.39. The molecule has 0 unspecified atom stereocenters. The van der Waals surface area contributed by atoms with Crippen molar-refractivity contribution in [1.82, 2.24) is 0 Å². The fourth-order valence-corrected chi connectivity index (χ4v) is 0.863. The molecule has 0 aromatic heterocycles. The van der Waals surface area contributed by atoms with Crippen LogP contribution in [0.5, 0.6) is 0 Å². The second-order valence-corrected chi connectivity index (χ2v) is 3.71. The van der Waals surface area contributed by atoms with Gasteiger partial charge in [0, 0.05) is 12.2 Å². The van der Waals surface area contributed by atoms with Crippen LogP contribution in [0.4, 0.5) is 0 Å². The van der Waals surface area contributed by atoms with Gasteiger partial charge in [-0.15, -0.1) is 0 Å². The summed E-state index contributed by atoms with van der Waals surface area (Å²) in [5, 5.41) is 9.75. The Morgan fingerprint density at radius 3 is 1.71 bits per heavy atom. The van der Waals surface area contributed by atoms with Crippen molar-refractivity contribution < 1.29 is 24.2 Å².